The molecule has 0 bridgehead atoms. The topological polar surface area (TPSA) is 38.7 Å². The average Bonchev–Trinajstić information content (AvgIpc) is 2.39. The summed E-state index contributed by atoms with van der Waals surface area (Å²) in [6.45, 7) is 15.3. The number of nitrogens with one attached hydrogen (secondary N) is 1. The van der Waals surface area contributed by atoms with Gasteiger partial charge in [-0.15, -0.1) is 0 Å². The Bertz CT molecular complexity index is 276. The highest BCUT2D eigenvalue weighted by atomic mass is 16.3. The molecular weight excluding hydrogens is 250 g/mol. The Balaban J connectivity index is 1.66. The van der Waals surface area contributed by atoms with Crippen LogP contribution in [0.2, 0.25) is 0 Å². The summed E-state index contributed by atoms with van der Waals surface area (Å²) < 4.78 is 0. The third kappa shape index (κ3) is 4.99. The van der Waals surface area contributed by atoms with Crippen LogP contribution in [-0.4, -0.2) is 73.4 Å². The van der Waals surface area contributed by atoms with Gasteiger partial charge in [0.15, 0.2) is 0 Å². The fourth-order valence-electron chi connectivity index (χ4n) is 3.53. The Kier molecular flexibility index (Phi) is 5.84. The van der Waals surface area contributed by atoms with Crippen LogP contribution in [0.25, 0.3) is 0 Å². The average molecular weight is 283 g/mol. The van der Waals surface area contributed by atoms with Crippen molar-refractivity contribution in [1.82, 2.24) is 15.1 Å². The normalized spacial score (nSPS) is 25.8. The summed E-state index contributed by atoms with van der Waals surface area (Å²) in [6.07, 6.45) is 2.37. The van der Waals surface area contributed by atoms with Crippen molar-refractivity contribution in [2.45, 2.75) is 39.7 Å². The van der Waals surface area contributed by atoms with Crippen LogP contribution in [-0.2, 0) is 0 Å². The van der Waals surface area contributed by atoms with Crippen molar-refractivity contribution in [3.8, 4) is 0 Å². The Morgan fingerprint density at radius 2 is 1.50 bits per heavy atom. The van der Waals surface area contributed by atoms with E-state index in [0.29, 0.717) is 5.41 Å². The van der Waals surface area contributed by atoms with E-state index in [-0.39, 0.29) is 6.10 Å². The number of hydrogen-bond acceptors (Lipinski definition) is 4. The maximum Gasteiger partial charge on any atom is 0.0793 e. The molecule has 0 aromatic heterocycles. The minimum absolute atomic E-state index is 0.195. The molecule has 118 valence electrons. The highest BCUT2D eigenvalue weighted by Gasteiger charge is 2.29. The first-order valence-corrected chi connectivity index (χ1v) is 8.28. The summed E-state index contributed by atoms with van der Waals surface area (Å²) in [7, 11) is 0. The lowest BCUT2D eigenvalue weighted by atomic mass is 9.75. The van der Waals surface area contributed by atoms with Crippen molar-refractivity contribution in [3.63, 3.8) is 0 Å². The lowest BCUT2D eigenvalue weighted by molar-refractivity contribution is 0.0440. The first-order chi connectivity index (χ1) is 9.45. The van der Waals surface area contributed by atoms with E-state index in [1.807, 2.05) is 0 Å². The Hall–Kier alpha value is -0.160. The smallest absolute Gasteiger partial charge is 0.0793 e. The molecule has 0 aliphatic carbocycles. The molecular formula is C16H33N3O. The van der Waals surface area contributed by atoms with E-state index >= 15 is 0 Å². The fourth-order valence-corrected chi connectivity index (χ4v) is 3.53. The van der Waals surface area contributed by atoms with Gasteiger partial charge in [-0.3, -0.25) is 4.90 Å². The number of piperidine rings is 1. The number of aliphatic hydroxyl groups is 1. The van der Waals surface area contributed by atoms with E-state index < -0.39 is 0 Å². The highest BCUT2D eigenvalue weighted by molar-refractivity contribution is 4.82. The van der Waals surface area contributed by atoms with E-state index in [1.165, 1.54) is 12.8 Å². The van der Waals surface area contributed by atoms with E-state index in [2.05, 4.69) is 35.9 Å². The van der Waals surface area contributed by atoms with Crippen LogP contribution in [0, 0.1) is 11.3 Å². The van der Waals surface area contributed by atoms with Gasteiger partial charge in [-0.1, -0.05) is 20.8 Å². The van der Waals surface area contributed by atoms with Gasteiger partial charge in [0.05, 0.1) is 6.10 Å². The van der Waals surface area contributed by atoms with E-state index in [4.69, 9.17) is 0 Å². The Morgan fingerprint density at radius 3 is 2.00 bits per heavy atom. The molecule has 0 aromatic carbocycles. The maximum absolute atomic E-state index is 10.3. The first kappa shape index (κ1) is 16.2. The van der Waals surface area contributed by atoms with Gasteiger partial charge >= 0.3 is 0 Å². The molecule has 2 N–H and O–H groups in total. The fraction of sp³-hybridized carbons (Fsp3) is 1.00. The number of β-amino-alcohol motifs (C(OH)–C–C–N with tert-alkyl or cyclic N) is 1. The molecule has 4 nitrogen and oxygen atoms in total. The molecule has 1 atom stereocenters. The van der Waals surface area contributed by atoms with Gasteiger partial charge in [-0.2, -0.15) is 0 Å². The second-order valence-electron chi connectivity index (χ2n) is 7.65. The molecule has 0 amide bonds. The molecule has 2 aliphatic heterocycles. The molecule has 2 heterocycles. The quantitative estimate of drug-likeness (QED) is 0.808. The lowest BCUT2D eigenvalue weighted by Crippen LogP contribution is -2.49. The third-order valence-electron chi connectivity index (χ3n) is 4.96. The van der Waals surface area contributed by atoms with Crippen molar-refractivity contribution in [3.05, 3.63) is 0 Å². The van der Waals surface area contributed by atoms with Crippen LogP contribution in [0.15, 0.2) is 0 Å². The third-order valence-corrected chi connectivity index (χ3v) is 4.96. The number of piperazine rings is 1. The highest BCUT2D eigenvalue weighted by Crippen LogP contribution is 2.34. The van der Waals surface area contributed by atoms with Gasteiger partial charge in [0.25, 0.3) is 0 Å². The standard InChI is InChI=1S/C16H33N3O/c1-16(2,3)14-4-8-18(9-5-14)12-15(20)13-19-10-6-17-7-11-19/h14-15,17,20H,4-13H2,1-3H3. The number of rotatable bonds is 4. The predicted molar refractivity (Wildman–Crippen MR) is 83.9 cm³/mol. The van der Waals surface area contributed by atoms with Crippen LogP contribution in [0.1, 0.15) is 33.6 Å². The van der Waals surface area contributed by atoms with Gasteiger partial charge < -0.3 is 15.3 Å². The minimum Gasteiger partial charge on any atom is -0.390 e. The van der Waals surface area contributed by atoms with Crippen molar-refractivity contribution < 1.29 is 5.11 Å². The van der Waals surface area contributed by atoms with E-state index in [9.17, 15) is 5.11 Å². The maximum atomic E-state index is 10.3. The molecule has 2 aliphatic rings. The second-order valence-corrected chi connectivity index (χ2v) is 7.65. The first-order valence-electron chi connectivity index (χ1n) is 8.28. The van der Waals surface area contributed by atoms with Crippen LogP contribution >= 0.6 is 0 Å². The summed E-state index contributed by atoms with van der Waals surface area (Å²) in [5, 5.41) is 13.6. The number of hydrogen-bond donors (Lipinski definition) is 2. The summed E-state index contributed by atoms with van der Waals surface area (Å²) in [5.41, 5.74) is 0.436. The second kappa shape index (κ2) is 7.21. The number of aliphatic hydroxyl groups excluding tert-OH is 1. The van der Waals surface area contributed by atoms with Gasteiger partial charge in [0.1, 0.15) is 0 Å². The van der Waals surface area contributed by atoms with E-state index in [1.54, 1.807) is 0 Å². The van der Waals surface area contributed by atoms with Gasteiger partial charge in [0.2, 0.25) is 0 Å². The van der Waals surface area contributed by atoms with Crippen LogP contribution in [0.3, 0.4) is 0 Å². The molecule has 2 fully saturated rings. The predicted octanol–water partition coefficient (Wildman–Crippen LogP) is 1.01. The summed E-state index contributed by atoms with van der Waals surface area (Å²) >= 11 is 0. The molecule has 0 saturated carbocycles. The Labute approximate surface area is 124 Å². The van der Waals surface area contributed by atoms with Crippen LogP contribution < -0.4 is 5.32 Å². The molecule has 2 rings (SSSR count). The van der Waals surface area contributed by atoms with E-state index in [0.717, 1.165) is 58.3 Å². The summed E-state index contributed by atoms with van der Waals surface area (Å²) in [6, 6.07) is 0. The largest absolute Gasteiger partial charge is 0.390 e. The Morgan fingerprint density at radius 1 is 1.00 bits per heavy atom. The van der Waals surface area contributed by atoms with Gasteiger partial charge in [0, 0.05) is 39.3 Å². The molecule has 20 heavy (non-hydrogen) atoms. The summed E-state index contributed by atoms with van der Waals surface area (Å²) in [4.78, 5) is 4.83. The number of nitrogens with zero attached hydrogens (tertiary/aromatic N) is 2. The molecule has 2 saturated heterocycles. The van der Waals surface area contributed by atoms with Crippen molar-refractivity contribution >= 4 is 0 Å². The zero-order chi connectivity index (χ0) is 14.6. The minimum atomic E-state index is -0.195. The van der Waals surface area contributed by atoms with Crippen LogP contribution in [0.5, 0.6) is 0 Å². The number of likely N-dealkylation sites (tertiary alicyclic amines) is 1. The van der Waals surface area contributed by atoms with Crippen molar-refractivity contribution in [1.29, 1.82) is 0 Å². The lowest BCUT2D eigenvalue weighted by Gasteiger charge is -2.39. The SMILES string of the molecule is CC(C)(C)C1CCN(CC(O)CN2CCNCC2)CC1. The van der Waals surface area contributed by atoms with Crippen molar-refractivity contribution in [2.75, 3.05) is 52.4 Å². The molecule has 0 radical (unpaired) electrons. The van der Waals surface area contributed by atoms with Crippen LogP contribution in [0.4, 0.5) is 0 Å². The molecule has 0 aromatic rings. The molecule has 1 unspecified atom stereocenters. The zero-order valence-corrected chi connectivity index (χ0v) is 13.6. The van der Waals surface area contributed by atoms with Crippen molar-refractivity contribution in [2.24, 2.45) is 11.3 Å². The summed E-state index contributed by atoms with van der Waals surface area (Å²) in [5.74, 6) is 0.837. The van der Waals surface area contributed by atoms with Gasteiger partial charge in [-0.25, -0.2) is 0 Å². The zero-order valence-electron chi connectivity index (χ0n) is 13.6. The molecule has 0 spiro atoms. The van der Waals surface area contributed by atoms with Gasteiger partial charge in [-0.05, 0) is 37.3 Å². The monoisotopic (exact) mass is 283 g/mol. The molecule has 4 heteroatoms.